The Labute approximate surface area is 114 Å². The standard InChI is InChI=1S/C14H14F3N3/c1-18-13(11-7-19-9-20-8-11)6-10-3-2-4-12(5-10)14(15,16)17/h2-5,7-9,13,18H,6H2,1H3. The molecule has 0 saturated carbocycles. The van der Waals surface area contributed by atoms with E-state index >= 15 is 0 Å². The molecule has 0 aliphatic rings. The summed E-state index contributed by atoms with van der Waals surface area (Å²) in [4.78, 5) is 7.84. The first kappa shape index (κ1) is 14.5. The molecular formula is C14H14F3N3. The molecule has 1 unspecified atom stereocenters. The van der Waals surface area contributed by atoms with Crippen molar-refractivity contribution in [1.29, 1.82) is 0 Å². The Morgan fingerprint density at radius 1 is 1.20 bits per heavy atom. The Kier molecular flexibility index (Phi) is 4.34. The number of nitrogens with one attached hydrogen (secondary N) is 1. The van der Waals surface area contributed by atoms with Crippen molar-refractivity contribution in [3.05, 3.63) is 59.7 Å². The predicted molar refractivity (Wildman–Crippen MR) is 69.0 cm³/mol. The van der Waals surface area contributed by atoms with Gasteiger partial charge in [-0.15, -0.1) is 0 Å². The highest BCUT2D eigenvalue weighted by Gasteiger charge is 2.30. The van der Waals surface area contributed by atoms with Crippen LogP contribution >= 0.6 is 0 Å². The smallest absolute Gasteiger partial charge is 0.313 e. The van der Waals surface area contributed by atoms with E-state index in [4.69, 9.17) is 0 Å². The number of likely N-dealkylation sites (N-methyl/N-ethyl adjacent to an activating group) is 1. The second kappa shape index (κ2) is 6.00. The molecule has 1 N–H and O–H groups in total. The molecule has 106 valence electrons. The maximum absolute atomic E-state index is 12.7. The van der Waals surface area contributed by atoms with Gasteiger partial charge in [0.15, 0.2) is 0 Å². The average molecular weight is 281 g/mol. The van der Waals surface area contributed by atoms with Gasteiger partial charge < -0.3 is 5.32 Å². The van der Waals surface area contributed by atoms with Crippen LogP contribution in [-0.2, 0) is 12.6 Å². The molecule has 1 atom stereocenters. The first-order chi connectivity index (χ1) is 9.50. The summed E-state index contributed by atoms with van der Waals surface area (Å²) in [7, 11) is 1.76. The number of rotatable bonds is 4. The topological polar surface area (TPSA) is 37.8 Å². The van der Waals surface area contributed by atoms with Crippen LogP contribution < -0.4 is 5.32 Å². The van der Waals surface area contributed by atoms with E-state index in [0.29, 0.717) is 12.0 Å². The molecule has 2 rings (SSSR count). The summed E-state index contributed by atoms with van der Waals surface area (Å²) in [6.07, 6.45) is 0.846. The molecule has 0 amide bonds. The number of benzene rings is 1. The summed E-state index contributed by atoms with van der Waals surface area (Å²) in [6, 6.07) is 5.23. The van der Waals surface area contributed by atoms with Crippen molar-refractivity contribution >= 4 is 0 Å². The lowest BCUT2D eigenvalue weighted by atomic mass is 9.99. The van der Waals surface area contributed by atoms with E-state index in [1.165, 1.54) is 18.5 Å². The third kappa shape index (κ3) is 3.54. The third-order valence-corrected chi connectivity index (χ3v) is 3.03. The number of halogens is 3. The lowest BCUT2D eigenvalue weighted by Gasteiger charge is -2.16. The third-order valence-electron chi connectivity index (χ3n) is 3.03. The number of nitrogens with zero attached hydrogens (tertiary/aromatic N) is 2. The fraction of sp³-hybridized carbons (Fsp3) is 0.286. The van der Waals surface area contributed by atoms with Crippen molar-refractivity contribution in [2.75, 3.05) is 7.05 Å². The molecule has 0 spiro atoms. The largest absolute Gasteiger partial charge is 0.416 e. The Hall–Kier alpha value is -1.95. The first-order valence-electron chi connectivity index (χ1n) is 6.09. The van der Waals surface area contributed by atoms with E-state index in [9.17, 15) is 13.2 Å². The van der Waals surface area contributed by atoms with Gasteiger partial charge in [0, 0.05) is 24.0 Å². The fourth-order valence-corrected chi connectivity index (χ4v) is 1.99. The van der Waals surface area contributed by atoms with Crippen LogP contribution in [0.4, 0.5) is 13.2 Å². The minimum Gasteiger partial charge on any atom is -0.313 e. The van der Waals surface area contributed by atoms with Gasteiger partial charge in [-0.2, -0.15) is 13.2 Å². The number of hydrogen-bond donors (Lipinski definition) is 1. The van der Waals surface area contributed by atoms with E-state index in [0.717, 1.165) is 11.6 Å². The SMILES string of the molecule is CNC(Cc1cccc(C(F)(F)F)c1)c1cncnc1. The van der Waals surface area contributed by atoms with Crippen LogP contribution in [0.25, 0.3) is 0 Å². The summed E-state index contributed by atoms with van der Waals surface area (Å²) in [5.74, 6) is 0. The highest BCUT2D eigenvalue weighted by Crippen LogP contribution is 2.30. The molecule has 0 saturated heterocycles. The maximum atomic E-state index is 12.7. The quantitative estimate of drug-likeness (QED) is 0.936. The summed E-state index contributed by atoms with van der Waals surface area (Å²) in [5, 5.41) is 3.06. The van der Waals surface area contributed by atoms with E-state index in [1.807, 2.05) is 0 Å². The number of alkyl halides is 3. The molecular weight excluding hydrogens is 267 g/mol. The molecule has 6 heteroatoms. The summed E-state index contributed by atoms with van der Waals surface area (Å²) >= 11 is 0. The average Bonchev–Trinajstić information content (AvgIpc) is 2.45. The minimum absolute atomic E-state index is 0.125. The van der Waals surface area contributed by atoms with Gasteiger partial charge >= 0.3 is 6.18 Å². The fourth-order valence-electron chi connectivity index (χ4n) is 1.99. The molecule has 1 aromatic heterocycles. The van der Waals surface area contributed by atoms with Crippen LogP contribution in [0.3, 0.4) is 0 Å². The summed E-state index contributed by atoms with van der Waals surface area (Å²) in [6.45, 7) is 0. The molecule has 1 aromatic carbocycles. The molecule has 0 fully saturated rings. The van der Waals surface area contributed by atoms with E-state index in [-0.39, 0.29) is 6.04 Å². The molecule has 1 heterocycles. The van der Waals surface area contributed by atoms with Gasteiger partial charge in [0.25, 0.3) is 0 Å². The highest BCUT2D eigenvalue weighted by atomic mass is 19.4. The van der Waals surface area contributed by atoms with Gasteiger partial charge in [0.2, 0.25) is 0 Å². The summed E-state index contributed by atoms with van der Waals surface area (Å²) in [5.41, 5.74) is 0.824. The zero-order valence-electron chi connectivity index (χ0n) is 10.9. The molecule has 3 nitrogen and oxygen atoms in total. The first-order valence-corrected chi connectivity index (χ1v) is 6.09. The van der Waals surface area contributed by atoms with E-state index in [1.54, 1.807) is 25.5 Å². The molecule has 0 aliphatic heterocycles. The van der Waals surface area contributed by atoms with Crippen LogP contribution in [0.2, 0.25) is 0 Å². The van der Waals surface area contributed by atoms with Crippen molar-refractivity contribution in [1.82, 2.24) is 15.3 Å². The van der Waals surface area contributed by atoms with Crippen LogP contribution in [-0.4, -0.2) is 17.0 Å². The van der Waals surface area contributed by atoms with Gasteiger partial charge in [-0.05, 0) is 25.1 Å². The Morgan fingerprint density at radius 2 is 1.90 bits per heavy atom. The van der Waals surface area contributed by atoms with E-state index < -0.39 is 11.7 Å². The minimum atomic E-state index is -4.32. The van der Waals surface area contributed by atoms with Crippen LogP contribution in [0, 0.1) is 0 Å². The monoisotopic (exact) mass is 281 g/mol. The van der Waals surface area contributed by atoms with Crippen molar-refractivity contribution in [2.24, 2.45) is 0 Å². The van der Waals surface area contributed by atoms with Gasteiger partial charge in [0.1, 0.15) is 6.33 Å². The van der Waals surface area contributed by atoms with Crippen LogP contribution in [0.15, 0.2) is 43.0 Å². The molecule has 0 bridgehead atoms. The second-order valence-electron chi connectivity index (χ2n) is 4.42. The van der Waals surface area contributed by atoms with Gasteiger partial charge in [0.05, 0.1) is 5.56 Å². The normalized spacial score (nSPS) is 13.2. The van der Waals surface area contributed by atoms with Crippen molar-refractivity contribution in [3.8, 4) is 0 Å². The molecule has 0 radical (unpaired) electrons. The number of hydrogen-bond acceptors (Lipinski definition) is 3. The number of aromatic nitrogens is 2. The second-order valence-corrected chi connectivity index (χ2v) is 4.42. The molecule has 20 heavy (non-hydrogen) atoms. The summed E-state index contributed by atoms with van der Waals surface area (Å²) < 4.78 is 38.0. The lowest BCUT2D eigenvalue weighted by Crippen LogP contribution is -2.19. The van der Waals surface area contributed by atoms with E-state index in [2.05, 4.69) is 15.3 Å². The zero-order valence-corrected chi connectivity index (χ0v) is 10.9. The van der Waals surface area contributed by atoms with Crippen molar-refractivity contribution in [2.45, 2.75) is 18.6 Å². The Balaban J connectivity index is 2.20. The van der Waals surface area contributed by atoms with Crippen LogP contribution in [0.5, 0.6) is 0 Å². The van der Waals surface area contributed by atoms with Gasteiger partial charge in [-0.25, -0.2) is 9.97 Å². The zero-order chi connectivity index (χ0) is 14.6. The van der Waals surface area contributed by atoms with Crippen molar-refractivity contribution in [3.63, 3.8) is 0 Å². The molecule has 2 aromatic rings. The highest BCUT2D eigenvalue weighted by molar-refractivity contribution is 5.27. The van der Waals surface area contributed by atoms with Crippen molar-refractivity contribution < 1.29 is 13.2 Å². The van der Waals surface area contributed by atoms with Gasteiger partial charge in [-0.3, -0.25) is 0 Å². The van der Waals surface area contributed by atoms with Crippen LogP contribution in [0.1, 0.15) is 22.7 Å². The Morgan fingerprint density at radius 3 is 2.50 bits per heavy atom. The lowest BCUT2D eigenvalue weighted by molar-refractivity contribution is -0.137. The predicted octanol–water partition coefficient (Wildman–Crippen LogP) is 3.00. The Bertz CT molecular complexity index is 555. The van der Waals surface area contributed by atoms with Gasteiger partial charge in [-0.1, -0.05) is 18.2 Å². The molecule has 0 aliphatic carbocycles. The maximum Gasteiger partial charge on any atom is 0.416 e.